The molecule has 1 aromatic heterocycles. The molecule has 96 valence electrons. The van der Waals surface area contributed by atoms with Crippen molar-refractivity contribution >= 4 is 22.9 Å². The summed E-state index contributed by atoms with van der Waals surface area (Å²) in [5, 5.41) is 3.69. The van der Waals surface area contributed by atoms with E-state index in [4.69, 9.17) is 17.3 Å². The Morgan fingerprint density at radius 3 is 2.56 bits per heavy atom. The van der Waals surface area contributed by atoms with E-state index >= 15 is 0 Å². The number of hydrogen-bond donors (Lipinski definition) is 1. The summed E-state index contributed by atoms with van der Waals surface area (Å²) in [6.07, 6.45) is 0. The molecule has 0 amide bonds. The summed E-state index contributed by atoms with van der Waals surface area (Å²) in [5.41, 5.74) is 8.09. The molecule has 2 rings (SSSR count). The van der Waals surface area contributed by atoms with Crippen molar-refractivity contribution in [2.75, 3.05) is 0 Å². The molecule has 18 heavy (non-hydrogen) atoms. The van der Waals surface area contributed by atoms with Gasteiger partial charge in [-0.3, -0.25) is 0 Å². The average Bonchev–Trinajstić information content (AvgIpc) is 2.76. The van der Waals surface area contributed by atoms with Crippen LogP contribution < -0.4 is 5.73 Å². The van der Waals surface area contributed by atoms with Crippen LogP contribution in [0.3, 0.4) is 0 Å². The maximum Gasteiger partial charge on any atom is 0.111 e. The van der Waals surface area contributed by atoms with Gasteiger partial charge in [0.2, 0.25) is 0 Å². The number of aromatic nitrogens is 1. The number of rotatable bonds is 2. The summed E-state index contributed by atoms with van der Waals surface area (Å²) in [6.45, 7) is 6.36. The number of benzene rings is 1. The molecule has 0 spiro atoms. The molecule has 0 saturated heterocycles. The molecule has 0 fully saturated rings. The van der Waals surface area contributed by atoms with Crippen LogP contribution in [-0.4, -0.2) is 4.98 Å². The van der Waals surface area contributed by atoms with Crippen molar-refractivity contribution in [2.24, 2.45) is 11.1 Å². The summed E-state index contributed by atoms with van der Waals surface area (Å²) in [4.78, 5) is 4.62. The van der Waals surface area contributed by atoms with Crippen molar-refractivity contribution in [3.05, 3.63) is 39.7 Å². The normalized spacial score (nSPS) is 13.6. The fraction of sp³-hybridized carbons (Fsp3) is 0.357. The predicted molar refractivity (Wildman–Crippen MR) is 78.9 cm³/mol. The Balaban J connectivity index is 2.35. The third-order valence-corrected chi connectivity index (χ3v) is 4.13. The van der Waals surface area contributed by atoms with Gasteiger partial charge in [0.1, 0.15) is 5.01 Å². The fourth-order valence-corrected chi connectivity index (χ4v) is 2.89. The molecule has 2 N–H and O–H groups in total. The minimum atomic E-state index is -0.0567. The van der Waals surface area contributed by atoms with E-state index in [1.54, 1.807) is 11.3 Å². The zero-order valence-electron chi connectivity index (χ0n) is 10.8. The summed E-state index contributed by atoms with van der Waals surface area (Å²) in [7, 11) is 0. The van der Waals surface area contributed by atoms with Gasteiger partial charge in [0.25, 0.3) is 0 Å². The van der Waals surface area contributed by atoms with Gasteiger partial charge in [0, 0.05) is 16.0 Å². The molecule has 0 bridgehead atoms. The first kappa shape index (κ1) is 13.5. The predicted octanol–water partition coefficient (Wildman–Crippen LogP) is 4.51. The van der Waals surface area contributed by atoms with E-state index in [0.717, 1.165) is 21.3 Å². The molecular formula is C14H17ClN2S. The van der Waals surface area contributed by atoms with E-state index < -0.39 is 0 Å². The Kier molecular flexibility index (Phi) is 3.76. The molecule has 0 aliphatic heterocycles. The van der Waals surface area contributed by atoms with Crippen LogP contribution in [0.1, 0.15) is 31.8 Å². The van der Waals surface area contributed by atoms with E-state index in [1.165, 1.54) is 0 Å². The Morgan fingerprint density at radius 2 is 1.94 bits per heavy atom. The Bertz CT molecular complexity index is 543. The second kappa shape index (κ2) is 5.00. The van der Waals surface area contributed by atoms with Crippen LogP contribution in [0.2, 0.25) is 5.02 Å². The second-order valence-electron chi connectivity index (χ2n) is 5.39. The van der Waals surface area contributed by atoms with Crippen LogP contribution >= 0.6 is 22.9 Å². The fourth-order valence-electron chi connectivity index (χ4n) is 1.59. The topological polar surface area (TPSA) is 38.9 Å². The number of thiazole rings is 1. The molecule has 0 saturated carbocycles. The monoisotopic (exact) mass is 280 g/mol. The number of nitrogens with two attached hydrogens (primary N) is 1. The van der Waals surface area contributed by atoms with Crippen molar-refractivity contribution in [1.29, 1.82) is 0 Å². The highest BCUT2D eigenvalue weighted by molar-refractivity contribution is 7.10. The molecule has 2 aromatic rings. The quantitative estimate of drug-likeness (QED) is 0.879. The molecule has 0 radical (unpaired) electrons. The van der Waals surface area contributed by atoms with Gasteiger partial charge >= 0.3 is 0 Å². The van der Waals surface area contributed by atoms with Crippen molar-refractivity contribution in [1.82, 2.24) is 4.98 Å². The molecule has 0 aliphatic carbocycles. The number of nitrogens with zero attached hydrogens (tertiary/aromatic N) is 1. The largest absolute Gasteiger partial charge is 0.322 e. The van der Waals surface area contributed by atoms with E-state index in [-0.39, 0.29) is 11.5 Å². The van der Waals surface area contributed by atoms with E-state index in [0.29, 0.717) is 0 Å². The van der Waals surface area contributed by atoms with Gasteiger partial charge in [-0.05, 0) is 11.5 Å². The van der Waals surface area contributed by atoms with Gasteiger partial charge in [-0.2, -0.15) is 0 Å². The van der Waals surface area contributed by atoms with Crippen LogP contribution in [0.5, 0.6) is 0 Å². The summed E-state index contributed by atoms with van der Waals surface area (Å²) >= 11 is 7.76. The third kappa shape index (κ3) is 2.74. The lowest BCUT2D eigenvalue weighted by molar-refractivity contribution is 0.326. The SMILES string of the molecule is CC(C)(C)C(N)c1nc(-c2ccccc2Cl)cs1. The molecule has 1 aromatic carbocycles. The van der Waals surface area contributed by atoms with Crippen molar-refractivity contribution in [2.45, 2.75) is 26.8 Å². The zero-order chi connectivity index (χ0) is 13.3. The van der Waals surface area contributed by atoms with Crippen LogP contribution in [-0.2, 0) is 0 Å². The maximum atomic E-state index is 6.22. The highest BCUT2D eigenvalue weighted by Crippen LogP contribution is 2.35. The first-order valence-corrected chi connectivity index (χ1v) is 7.11. The molecule has 4 heteroatoms. The first-order chi connectivity index (χ1) is 8.39. The number of halogens is 1. The van der Waals surface area contributed by atoms with Crippen molar-refractivity contribution in [3.8, 4) is 11.3 Å². The van der Waals surface area contributed by atoms with Crippen LogP contribution in [0.15, 0.2) is 29.6 Å². The van der Waals surface area contributed by atoms with Gasteiger partial charge in [-0.25, -0.2) is 4.98 Å². The lowest BCUT2D eigenvalue weighted by Crippen LogP contribution is -2.26. The van der Waals surface area contributed by atoms with E-state index in [2.05, 4.69) is 25.8 Å². The summed E-state index contributed by atoms with van der Waals surface area (Å²) in [6, 6.07) is 7.67. The lowest BCUT2D eigenvalue weighted by atomic mass is 9.88. The highest BCUT2D eigenvalue weighted by atomic mass is 35.5. The molecule has 2 nitrogen and oxygen atoms in total. The van der Waals surface area contributed by atoms with Gasteiger partial charge in [0.15, 0.2) is 0 Å². The van der Waals surface area contributed by atoms with Gasteiger partial charge in [-0.1, -0.05) is 50.6 Å². The Morgan fingerprint density at radius 1 is 1.28 bits per heavy atom. The summed E-state index contributed by atoms with van der Waals surface area (Å²) < 4.78 is 0. The molecular weight excluding hydrogens is 264 g/mol. The van der Waals surface area contributed by atoms with Crippen LogP contribution in [0, 0.1) is 5.41 Å². The molecule has 1 heterocycles. The Hall–Kier alpha value is -0.900. The lowest BCUT2D eigenvalue weighted by Gasteiger charge is -2.24. The zero-order valence-corrected chi connectivity index (χ0v) is 12.3. The molecule has 1 atom stereocenters. The van der Waals surface area contributed by atoms with E-state index in [1.807, 2.05) is 29.6 Å². The van der Waals surface area contributed by atoms with Crippen LogP contribution in [0.25, 0.3) is 11.3 Å². The smallest absolute Gasteiger partial charge is 0.111 e. The number of hydrogen-bond acceptors (Lipinski definition) is 3. The standard InChI is InChI=1S/C14H17ClN2S/c1-14(2,3)12(16)13-17-11(8-18-13)9-6-4-5-7-10(9)15/h4-8,12H,16H2,1-3H3. The highest BCUT2D eigenvalue weighted by Gasteiger charge is 2.25. The average molecular weight is 281 g/mol. The maximum absolute atomic E-state index is 6.22. The minimum absolute atomic E-state index is 0.00953. The van der Waals surface area contributed by atoms with E-state index in [9.17, 15) is 0 Å². The van der Waals surface area contributed by atoms with Gasteiger partial charge in [-0.15, -0.1) is 11.3 Å². The minimum Gasteiger partial charge on any atom is -0.322 e. The van der Waals surface area contributed by atoms with Gasteiger partial charge in [0.05, 0.1) is 11.7 Å². The first-order valence-electron chi connectivity index (χ1n) is 5.85. The third-order valence-electron chi connectivity index (χ3n) is 2.87. The summed E-state index contributed by atoms with van der Waals surface area (Å²) in [5.74, 6) is 0. The van der Waals surface area contributed by atoms with Crippen LogP contribution in [0.4, 0.5) is 0 Å². The second-order valence-corrected chi connectivity index (χ2v) is 6.69. The van der Waals surface area contributed by atoms with Crippen molar-refractivity contribution < 1.29 is 0 Å². The molecule has 1 unspecified atom stereocenters. The van der Waals surface area contributed by atoms with Gasteiger partial charge < -0.3 is 5.73 Å². The molecule has 0 aliphatic rings. The van der Waals surface area contributed by atoms with Crippen molar-refractivity contribution in [3.63, 3.8) is 0 Å². The Labute approximate surface area is 117 Å².